The van der Waals surface area contributed by atoms with Gasteiger partial charge in [-0.3, -0.25) is 9.59 Å². The largest absolute Gasteiger partial charge is 0.480 e. The van der Waals surface area contributed by atoms with Crippen LogP contribution in [0, 0.1) is 5.92 Å². The molecule has 2 saturated heterocycles. The van der Waals surface area contributed by atoms with Crippen molar-refractivity contribution in [2.75, 3.05) is 19.8 Å². The summed E-state index contributed by atoms with van der Waals surface area (Å²) in [4.78, 5) is 36.1. The Morgan fingerprint density at radius 1 is 1.22 bits per heavy atom. The van der Waals surface area contributed by atoms with Gasteiger partial charge in [-0.1, -0.05) is 0 Å². The third-order valence-corrected chi connectivity index (χ3v) is 3.56. The van der Waals surface area contributed by atoms with Gasteiger partial charge in [0.1, 0.15) is 6.04 Å². The number of ketones is 1. The van der Waals surface area contributed by atoms with E-state index in [0.717, 1.165) is 0 Å². The molecule has 0 aliphatic carbocycles. The van der Waals surface area contributed by atoms with Crippen molar-refractivity contribution >= 4 is 17.7 Å². The number of hydrogen-bond acceptors (Lipinski definition) is 4. The number of rotatable bonds is 2. The Kier molecular flexibility index (Phi) is 3.96. The number of aliphatic carboxylic acids is 1. The van der Waals surface area contributed by atoms with Crippen LogP contribution in [0.5, 0.6) is 0 Å². The van der Waals surface area contributed by atoms with Crippen LogP contribution in [-0.2, 0) is 19.1 Å². The van der Waals surface area contributed by atoms with E-state index in [2.05, 4.69) is 0 Å². The Hall–Kier alpha value is -1.43. The number of nitrogens with zero attached hydrogens (tertiary/aromatic N) is 1. The van der Waals surface area contributed by atoms with Gasteiger partial charge in [0.25, 0.3) is 0 Å². The molecule has 0 aromatic rings. The fraction of sp³-hybridized carbons (Fsp3) is 0.750. The third kappa shape index (κ3) is 2.69. The Bertz CT molecular complexity index is 361. The summed E-state index contributed by atoms with van der Waals surface area (Å²) in [6.07, 6.45) is 1.68. The number of likely N-dealkylation sites (tertiary alicyclic amines) is 1. The first-order valence-electron chi connectivity index (χ1n) is 6.22. The smallest absolute Gasteiger partial charge is 0.326 e. The summed E-state index contributed by atoms with van der Waals surface area (Å²) < 4.78 is 5.18. The average Bonchev–Trinajstić information content (AvgIpc) is 2.38. The molecule has 18 heavy (non-hydrogen) atoms. The number of hydrogen-bond donors (Lipinski definition) is 1. The van der Waals surface area contributed by atoms with Crippen LogP contribution in [0.1, 0.15) is 25.7 Å². The van der Waals surface area contributed by atoms with E-state index in [4.69, 9.17) is 9.84 Å². The van der Waals surface area contributed by atoms with Crippen molar-refractivity contribution in [2.24, 2.45) is 5.92 Å². The van der Waals surface area contributed by atoms with Gasteiger partial charge in [-0.15, -0.1) is 0 Å². The van der Waals surface area contributed by atoms with Crippen LogP contribution in [0.25, 0.3) is 0 Å². The lowest BCUT2D eigenvalue weighted by Crippen LogP contribution is -2.53. The molecule has 0 aromatic heterocycles. The second-order valence-corrected chi connectivity index (χ2v) is 4.78. The lowest BCUT2D eigenvalue weighted by atomic mass is 9.94. The van der Waals surface area contributed by atoms with Gasteiger partial charge >= 0.3 is 5.97 Å². The summed E-state index contributed by atoms with van der Waals surface area (Å²) in [6.45, 7) is 0.985. The Morgan fingerprint density at radius 2 is 1.89 bits per heavy atom. The van der Waals surface area contributed by atoms with Crippen molar-refractivity contribution in [1.29, 1.82) is 0 Å². The molecule has 2 aliphatic heterocycles. The molecule has 6 nitrogen and oxygen atoms in total. The molecular weight excluding hydrogens is 238 g/mol. The molecule has 1 unspecified atom stereocenters. The van der Waals surface area contributed by atoms with Gasteiger partial charge in [0, 0.05) is 25.6 Å². The SMILES string of the molecule is O=C1CCC(C(=O)O)N(C(=O)C2CCOCC2)C1. The highest BCUT2D eigenvalue weighted by atomic mass is 16.5. The number of carboxylic acid groups (broad SMARTS) is 1. The van der Waals surface area contributed by atoms with Gasteiger partial charge in [0.15, 0.2) is 5.78 Å². The summed E-state index contributed by atoms with van der Waals surface area (Å²) in [7, 11) is 0. The number of amides is 1. The Balaban J connectivity index is 2.08. The molecule has 1 N–H and O–H groups in total. The van der Waals surface area contributed by atoms with Crippen molar-refractivity contribution in [3.8, 4) is 0 Å². The zero-order chi connectivity index (χ0) is 13.1. The van der Waals surface area contributed by atoms with Crippen molar-refractivity contribution in [3.05, 3.63) is 0 Å². The number of carbonyl (C=O) groups excluding carboxylic acids is 2. The number of carbonyl (C=O) groups is 3. The van der Waals surface area contributed by atoms with E-state index < -0.39 is 12.0 Å². The van der Waals surface area contributed by atoms with E-state index in [1.54, 1.807) is 0 Å². The van der Waals surface area contributed by atoms with E-state index in [0.29, 0.717) is 26.1 Å². The summed E-state index contributed by atoms with van der Waals surface area (Å²) in [5.41, 5.74) is 0. The summed E-state index contributed by atoms with van der Waals surface area (Å²) >= 11 is 0. The zero-order valence-electron chi connectivity index (χ0n) is 10.1. The predicted molar refractivity (Wildman–Crippen MR) is 60.9 cm³/mol. The Morgan fingerprint density at radius 3 is 2.50 bits per heavy atom. The molecule has 6 heteroatoms. The molecular formula is C12H17NO5. The van der Waals surface area contributed by atoms with Crippen molar-refractivity contribution < 1.29 is 24.2 Å². The van der Waals surface area contributed by atoms with Crippen LogP contribution in [-0.4, -0.2) is 53.5 Å². The number of ether oxygens (including phenoxy) is 1. The second-order valence-electron chi connectivity index (χ2n) is 4.78. The molecule has 2 heterocycles. The van der Waals surface area contributed by atoms with Crippen molar-refractivity contribution in [3.63, 3.8) is 0 Å². The first-order chi connectivity index (χ1) is 8.59. The lowest BCUT2D eigenvalue weighted by Gasteiger charge is -2.35. The molecule has 2 fully saturated rings. The molecule has 0 saturated carbocycles. The molecule has 2 rings (SSSR count). The van der Waals surface area contributed by atoms with E-state index >= 15 is 0 Å². The fourth-order valence-corrected chi connectivity index (χ4v) is 2.50. The lowest BCUT2D eigenvalue weighted by molar-refractivity contribution is -0.157. The first kappa shape index (κ1) is 13.0. The molecule has 0 spiro atoms. The molecule has 0 aromatic carbocycles. The maximum Gasteiger partial charge on any atom is 0.326 e. The van der Waals surface area contributed by atoms with Crippen LogP contribution in [0.3, 0.4) is 0 Å². The summed E-state index contributed by atoms with van der Waals surface area (Å²) in [5, 5.41) is 9.11. The standard InChI is InChI=1S/C12H17NO5/c14-9-1-2-10(12(16)17)13(7-9)11(15)8-3-5-18-6-4-8/h8,10H,1-7H2,(H,16,17). The van der Waals surface area contributed by atoms with Crippen LogP contribution < -0.4 is 0 Å². The normalized spacial score (nSPS) is 26.1. The van der Waals surface area contributed by atoms with E-state index in [9.17, 15) is 14.4 Å². The van der Waals surface area contributed by atoms with Crippen LogP contribution in [0.4, 0.5) is 0 Å². The average molecular weight is 255 g/mol. The van der Waals surface area contributed by atoms with Gasteiger partial charge in [0.05, 0.1) is 6.54 Å². The molecule has 0 radical (unpaired) electrons. The minimum atomic E-state index is -1.03. The van der Waals surface area contributed by atoms with Crippen LogP contribution in [0.2, 0.25) is 0 Å². The topological polar surface area (TPSA) is 83.9 Å². The molecule has 2 aliphatic rings. The summed E-state index contributed by atoms with van der Waals surface area (Å²) in [5.74, 6) is -1.50. The molecule has 1 amide bonds. The highest BCUT2D eigenvalue weighted by Crippen LogP contribution is 2.23. The Labute approximate surface area is 105 Å². The highest BCUT2D eigenvalue weighted by Gasteiger charge is 2.38. The maximum atomic E-state index is 12.3. The quantitative estimate of drug-likeness (QED) is 0.754. The predicted octanol–water partition coefficient (Wildman–Crippen LogP) is 0.0577. The van der Waals surface area contributed by atoms with Gasteiger partial charge in [-0.25, -0.2) is 4.79 Å². The van der Waals surface area contributed by atoms with Gasteiger partial charge < -0.3 is 14.7 Å². The van der Waals surface area contributed by atoms with Crippen molar-refractivity contribution in [2.45, 2.75) is 31.7 Å². The zero-order valence-corrected chi connectivity index (χ0v) is 10.1. The number of Topliss-reactive ketones (excluding diaryl/α,β-unsaturated/α-hetero) is 1. The van der Waals surface area contributed by atoms with Crippen LogP contribution in [0.15, 0.2) is 0 Å². The first-order valence-corrected chi connectivity index (χ1v) is 6.22. The minimum Gasteiger partial charge on any atom is -0.480 e. The maximum absolute atomic E-state index is 12.3. The number of carboxylic acids is 1. The second kappa shape index (κ2) is 5.48. The molecule has 1 atom stereocenters. The van der Waals surface area contributed by atoms with Gasteiger partial charge in [-0.2, -0.15) is 0 Å². The van der Waals surface area contributed by atoms with E-state index in [1.807, 2.05) is 0 Å². The summed E-state index contributed by atoms with van der Waals surface area (Å²) in [6, 6.07) is -0.849. The fourth-order valence-electron chi connectivity index (χ4n) is 2.50. The van der Waals surface area contributed by atoms with E-state index in [1.165, 1.54) is 4.90 Å². The molecule has 0 bridgehead atoms. The van der Waals surface area contributed by atoms with Gasteiger partial charge in [0.2, 0.25) is 5.91 Å². The minimum absolute atomic E-state index is 0.0621. The third-order valence-electron chi connectivity index (χ3n) is 3.56. The van der Waals surface area contributed by atoms with Crippen molar-refractivity contribution in [1.82, 2.24) is 4.90 Å². The van der Waals surface area contributed by atoms with Gasteiger partial charge in [-0.05, 0) is 19.3 Å². The number of piperidine rings is 1. The monoisotopic (exact) mass is 255 g/mol. The van der Waals surface area contributed by atoms with E-state index in [-0.39, 0.29) is 37.0 Å². The molecule has 100 valence electrons. The highest BCUT2D eigenvalue weighted by molar-refractivity contribution is 5.92. The van der Waals surface area contributed by atoms with Crippen LogP contribution >= 0.6 is 0 Å².